The number of carbonyl (C=O) groups excluding carboxylic acids is 1. The van der Waals surface area contributed by atoms with Crippen LogP contribution in [-0.2, 0) is 12.7 Å². The number of hydrogen-bond acceptors (Lipinski definition) is 3. The van der Waals surface area contributed by atoms with Gasteiger partial charge >= 0.3 is 12.2 Å². The number of amides is 2. The summed E-state index contributed by atoms with van der Waals surface area (Å²) >= 11 is 7.61. The molecule has 0 saturated heterocycles. The van der Waals surface area contributed by atoms with Crippen LogP contribution in [0.4, 0.5) is 23.7 Å². The van der Waals surface area contributed by atoms with E-state index in [1.54, 1.807) is 6.07 Å². The molecule has 4 nitrogen and oxygen atoms in total. The largest absolute Gasteiger partial charge is 0.416 e. The summed E-state index contributed by atoms with van der Waals surface area (Å²) in [5.74, 6) is 0. The van der Waals surface area contributed by atoms with Gasteiger partial charge in [0.1, 0.15) is 5.01 Å². The molecule has 0 aliphatic rings. The average molecular weight is 426 g/mol. The van der Waals surface area contributed by atoms with Gasteiger partial charge in [-0.25, -0.2) is 9.78 Å². The molecular formula is C19H15ClF3N3OS. The van der Waals surface area contributed by atoms with Crippen LogP contribution < -0.4 is 10.6 Å². The fraction of sp³-hybridized carbons (Fsp3) is 0.158. The molecule has 0 bridgehead atoms. The van der Waals surface area contributed by atoms with Crippen molar-refractivity contribution < 1.29 is 18.0 Å². The molecule has 2 amide bonds. The van der Waals surface area contributed by atoms with Gasteiger partial charge in [0.15, 0.2) is 0 Å². The summed E-state index contributed by atoms with van der Waals surface area (Å²) in [6, 6.07) is 11.1. The summed E-state index contributed by atoms with van der Waals surface area (Å²) in [5, 5.41) is 6.53. The lowest BCUT2D eigenvalue weighted by molar-refractivity contribution is -0.137. The molecule has 1 aromatic heterocycles. The summed E-state index contributed by atoms with van der Waals surface area (Å²) < 4.78 is 37.7. The number of aryl methyl sites for hydroxylation is 1. The highest BCUT2D eigenvalue weighted by atomic mass is 35.5. The zero-order valence-corrected chi connectivity index (χ0v) is 16.2. The van der Waals surface area contributed by atoms with E-state index in [1.807, 2.05) is 25.1 Å². The molecule has 3 rings (SSSR count). The van der Waals surface area contributed by atoms with E-state index < -0.39 is 17.8 Å². The molecule has 2 aromatic carbocycles. The Labute approximate surface area is 168 Å². The van der Waals surface area contributed by atoms with Gasteiger partial charge in [0, 0.05) is 16.1 Å². The van der Waals surface area contributed by atoms with Gasteiger partial charge in [-0.15, -0.1) is 11.3 Å². The van der Waals surface area contributed by atoms with Crippen LogP contribution in [0.25, 0.3) is 10.6 Å². The molecule has 0 fully saturated rings. The Hall–Kier alpha value is -2.58. The van der Waals surface area contributed by atoms with Gasteiger partial charge in [-0.05, 0) is 37.3 Å². The van der Waals surface area contributed by atoms with E-state index in [2.05, 4.69) is 15.6 Å². The molecule has 0 unspecified atom stereocenters. The highest BCUT2D eigenvalue weighted by Gasteiger charge is 2.30. The fourth-order valence-electron chi connectivity index (χ4n) is 2.42. The van der Waals surface area contributed by atoms with Crippen LogP contribution in [0.15, 0.2) is 48.5 Å². The molecule has 0 saturated carbocycles. The van der Waals surface area contributed by atoms with Crippen molar-refractivity contribution in [1.29, 1.82) is 0 Å². The molecule has 0 aliphatic heterocycles. The lowest BCUT2D eigenvalue weighted by atomic mass is 10.2. The van der Waals surface area contributed by atoms with Crippen LogP contribution in [0.3, 0.4) is 0 Å². The lowest BCUT2D eigenvalue weighted by Gasteiger charge is -2.09. The van der Waals surface area contributed by atoms with E-state index in [1.165, 1.54) is 23.5 Å². The Morgan fingerprint density at radius 3 is 2.46 bits per heavy atom. The Morgan fingerprint density at radius 2 is 1.82 bits per heavy atom. The van der Waals surface area contributed by atoms with Gasteiger partial charge < -0.3 is 10.6 Å². The van der Waals surface area contributed by atoms with E-state index in [0.29, 0.717) is 5.02 Å². The second-order valence-electron chi connectivity index (χ2n) is 5.89. The standard InChI is InChI=1S/C19H15ClF3N3OS/c1-11-16(28-17(25-11)14-4-2-3-5-15(14)20)10-24-18(27)26-13-8-6-12(7-9-13)19(21,22)23/h2-9H,10H2,1H3,(H2,24,26,27). The first-order valence-electron chi connectivity index (χ1n) is 8.17. The number of carbonyl (C=O) groups is 1. The minimum absolute atomic E-state index is 0.237. The molecule has 9 heteroatoms. The smallest absolute Gasteiger partial charge is 0.333 e. The molecule has 3 aromatic rings. The molecular weight excluding hydrogens is 411 g/mol. The third kappa shape index (κ3) is 4.82. The lowest BCUT2D eigenvalue weighted by Crippen LogP contribution is -2.28. The van der Waals surface area contributed by atoms with Crippen molar-refractivity contribution in [2.24, 2.45) is 0 Å². The number of urea groups is 1. The van der Waals surface area contributed by atoms with E-state index in [4.69, 9.17) is 11.6 Å². The first kappa shape index (κ1) is 20.2. The monoisotopic (exact) mass is 425 g/mol. The van der Waals surface area contributed by atoms with Crippen molar-refractivity contribution in [3.8, 4) is 10.6 Å². The van der Waals surface area contributed by atoms with Crippen LogP contribution in [0.5, 0.6) is 0 Å². The van der Waals surface area contributed by atoms with E-state index in [0.717, 1.165) is 33.3 Å². The number of thiazole rings is 1. The molecule has 0 spiro atoms. The van der Waals surface area contributed by atoms with Crippen molar-refractivity contribution in [1.82, 2.24) is 10.3 Å². The normalized spacial score (nSPS) is 11.3. The number of nitrogens with zero attached hydrogens (tertiary/aromatic N) is 1. The third-order valence-corrected chi connectivity index (χ3v) is 5.40. The number of rotatable bonds is 4. The van der Waals surface area contributed by atoms with Crippen LogP contribution in [0.1, 0.15) is 16.1 Å². The van der Waals surface area contributed by atoms with Gasteiger partial charge in [-0.3, -0.25) is 0 Å². The van der Waals surface area contributed by atoms with Gasteiger partial charge in [0.25, 0.3) is 0 Å². The van der Waals surface area contributed by atoms with Crippen molar-refractivity contribution in [3.05, 3.63) is 69.7 Å². The summed E-state index contributed by atoms with van der Waals surface area (Å²) in [6.45, 7) is 2.07. The Morgan fingerprint density at radius 1 is 1.14 bits per heavy atom. The number of nitrogens with one attached hydrogen (secondary N) is 2. The maximum atomic E-state index is 12.6. The number of hydrogen-bond donors (Lipinski definition) is 2. The minimum atomic E-state index is -4.41. The second-order valence-corrected chi connectivity index (χ2v) is 7.38. The van der Waals surface area contributed by atoms with Crippen molar-refractivity contribution in [3.63, 3.8) is 0 Å². The first-order valence-corrected chi connectivity index (χ1v) is 9.37. The van der Waals surface area contributed by atoms with Gasteiger partial charge in [-0.1, -0.05) is 29.8 Å². The average Bonchev–Trinajstić information content (AvgIpc) is 3.00. The molecule has 1 heterocycles. The molecule has 146 valence electrons. The topological polar surface area (TPSA) is 54.0 Å². The number of halogens is 4. The maximum Gasteiger partial charge on any atom is 0.416 e. The van der Waals surface area contributed by atoms with E-state index in [-0.39, 0.29) is 12.2 Å². The SMILES string of the molecule is Cc1nc(-c2ccccc2Cl)sc1CNC(=O)Nc1ccc(C(F)(F)F)cc1. The van der Waals surface area contributed by atoms with Crippen molar-refractivity contribution in [2.75, 3.05) is 5.32 Å². The van der Waals surface area contributed by atoms with Crippen LogP contribution in [0.2, 0.25) is 5.02 Å². The fourth-order valence-corrected chi connectivity index (χ4v) is 3.74. The number of benzene rings is 2. The Balaban J connectivity index is 1.61. The van der Waals surface area contributed by atoms with Gasteiger partial charge in [0.05, 0.1) is 22.8 Å². The quantitative estimate of drug-likeness (QED) is 0.529. The first-order chi connectivity index (χ1) is 13.2. The second kappa shape index (κ2) is 8.20. The Kier molecular flexibility index (Phi) is 5.90. The predicted molar refractivity (Wildman–Crippen MR) is 105 cm³/mol. The molecule has 28 heavy (non-hydrogen) atoms. The maximum absolute atomic E-state index is 12.6. The predicted octanol–water partition coefficient (Wildman–Crippen LogP) is 6.11. The van der Waals surface area contributed by atoms with Crippen LogP contribution >= 0.6 is 22.9 Å². The van der Waals surface area contributed by atoms with E-state index in [9.17, 15) is 18.0 Å². The van der Waals surface area contributed by atoms with Crippen LogP contribution in [0, 0.1) is 6.92 Å². The number of alkyl halides is 3. The number of aromatic nitrogens is 1. The van der Waals surface area contributed by atoms with Gasteiger partial charge in [-0.2, -0.15) is 13.2 Å². The molecule has 0 aliphatic carbocycles. The van der Waals surface area contributed by atoms with Crippen LogP contribution in [-0.4, -0.2) is 11.0 Å². The van der Waals surface area contributed by atoms with Gasteiger partial charge in [0.2, 0.25) is 0 Å². The summed E-state index contributed by atoms with van der Waals surface area (Å²) in [4.78, 5) is 17.4. The minimum Gasteiger partial charge on any atom is -0.333 e. The summed E-state index contributed by atoms with van der Waals surface area (Å²) in [6.07, 6.45) is -4.41. The van der Waals surface area contributed by atoms with Crippen molar-refractivity contribution in [2.45, 2.75) is 19.6 Å². The van der Waals surface area contributed by atoms with E-state index >= 15 is 0 Å². The third-order valence-electron chi connectivity index (χ3n) is 3.88. The zero-order valence-electron chi connectivity index (χ0n) is 14.6. The highest BCUT2D eigenvalue weighted by Crippen LogP contribution is 2.33. The number of anilines is 1. The highest BCUT2D eigenvalue weighted by molar-refractivity contribution is 7.15. The molecule has 0 atom stereocenters. The summed E-state index contributed by atoms with van der Waals surface area (Å²) in [5.41, 5.74) is 1.08. The zero-order chi connectivity index (χ0) is 20.3. The van der Waals surface area contributed by atoms with Crippen molar-refractivity contribution >= 4 is 34.7 Å². The Bertz CT molecular complexity index is 987. The molecule has 0 radical (unpaired) electrons. The summed E-state index contributed by atoms with van der Waals surface area (Å²) in [7, 11) is 0. The molecule has 2 N–H and O–H groups in total.